The number of pyridine rings is 3. The molecule has 5 aliphatic rings. The quantitative estimate of drug-likeness (QED) is 0.0663. The first-order chi connectivity index (χ1) is 54.8. The van der Waals surface area contributed by atoms with Crippen molar-refractivity contribution in [1.29, 1.82) is 0 Å². The lowest BCUT2D eigenvalue weighted by atomic mass is 9.84. The van der Waals surface area contributed by atoms with Crippen LogP contribution >= 0.6 is 22.9 Å². The van der Waals surface area contributed by atoms with Crippen LogP contribution in [0.1, 0.15) is 274 Å². The van der Waals surface area contributed by atoms with Gasteiger partial charge in [-0.05, 0) is 245 Å². The molecule has 1 saturated carbocycles. The van der Waals surface area contributed by atoms with Crippen molar-refractivity contribution in [3.63, 3.8) is 0 Å². The van der Waals surface area contributed by atoms with Crippen LogP contribution in [0.4, 0.5) is 11.5 Å². The minimum Gasteiger partial charge on any atom is -0.354 e. The van der Waals surface area contributed by atoms with Gasteiger partial charge in [-0.15, -0.1) is 11.3 Å². The third-order valence-corrected chi connectivity index (χ3v) is 20.9. The molecule has 14 nitrogen and oxygen atoms in total. The second-order valence-electron chi connectivity index (χ2n) is 36.1. The van der Waals surface area contributed by atoms with Gasteiger partial charge in [-0.2, -0.15) is 5.10 Å². The highest BCUT2D eigenvalue weighted by Crippen LogP contribution is 2.31. The van der Waals surface area contributed by atoms with Crippen LogP contribution in [-0.2, 0) is 69.1 Å². The first-order valence-electron chi connectivity index (χ1n) is 43.6. The van der Waals surface area contributed by atoms with Crippen molar-refractivity contribution >= 4 is 57.2 Å². The highest BCUT2D eigenvalue weighted by atomic mass is 35.5. The Bertz CT molecular complexity index is 4100. The summed E-state index contributed by atoms with van der Waals surface area (Å²) in [6.45, 7) is 49.7. The molecule has 4 aliphatic heterocycles. The average Bonchev–Trinajstić information content (AvgIpc) is 1.66. The van der Waals surface area contributed by atoms with E-state index in [4.69, 9.17) is 11.6 Å². The van der Waals surface area contributed by atoms with Crippen LogP contribution in [0, 0.1) is 66.1 Å². The molecule has 10 heterocycles. The van der Waals surface area contributed by atoms with Crippen LogP contribution in [0.5, 0.6) is 0 Å². The summed E-state index contributed by atoms with van der Waals surface area (Å²) in [7, 11) is 1.85. The number of benzene rings is 3. The number of aryl methyl sites for hydroxylation is 1. The molecule has 0 radical (unpaired) electrons. The lowest BCUT2D eigenvalue weighted by Crippen LogP contribution is -2.28. The number of fused-ring (bicyclic) bond motifs is 4. The van der Waals surface area contributed by atoms with E-state index in [2.05, 4.69) is 262 Å². The van der Waals surface area contributed by atoms with E-state index in [9.17, 15) is 9.59 Å². The molecule has 3 aromatic carbocycles. The summed E-state index contributed by atoms with van der Waals surface area (Å²) in [5, 5.41) is 18.7. The van der Waals surface area contributed by atoms with Crippen molar-refractivity contribution in [2.24, 2.45) is 59.2 Å². The van der Waals surface area contributed by atoms with Gasteiger partial charge in [-0.1, -0.05) is 217 Å². The summed E-state index contributed by atoms with van der Waals surface area (Å²) in [4.78, 5) is 52.2. The van der Waals surface area contributed by atoms with Crippen molar-refractivity contribution in [2.75, 3.05) is 30.4 Å². The largest absolute Gasteiger partial charge is 0.354 e. The summed E-state index contributed by atoms with van der Waals surface area (Å²) >= 11 is 7.53. The zero-order chi connectivity index (χ0) is 84.4. The van der Waals surface area contributed by atoms with Gasteiger partial charge < -0.3 is 20.4 Å². The Morgan fingerprint density at radius 2 is 1.18 bits per heavy atom. The highest BCUT2D eigenvalue weighted by molar-refractivity contribution is 7.09. The summed E-state index contributed by atoms with van der Waals surface area (Å²) in [5.41, 5.74) is 14.3. The van der Waals surface area contributed by atoms with E-state index in [1.165, 1.54) is 126 Å². The normalized spacial score (nSPS) is 14.5. The Morgan fingerprint density at radius 1 is 0.539 bits per heavy atom. The second kappa shape index (κ2) is 53.6. The number of hydrogen-bond donors (Lipinski definition) is 3. The van der Waals surface area contributed by atoms with E-state index in [-0.39, 0.29) is 11.8 Å². The highest BCUT2D eigenvalue weighted by Gasteiger charge is 2.25. The van der Waals surface area contributed by atoms with Gasteiger partial charge in [-0.3, -0.25) is 24.7 Å². The molecule has 1 atom stereocenters. The minimum absolute atomic E-state index is 0.113. The Morgan fingerprint density at radius 3 is 1.77 bits per heavy atom. The van der Waals surface area contributed by atoms with Gasteiger partial charge in [0.2, 0.25) is 5.91 Å². The van der Waals surface area contributed by atoms with E-state index in [0.717, 1.165) is 133 Å². The average molecular weight is 1610 g/mol. The fourth-order valence-corrected chi connectivity index (χ4v) is 15.5. The van der Waals surface area contributed by atoms with Gasteiger partial charge in [0.05, 0.1) is 23.1 Å². The Labute approximate surface area is 705 Å². The molecular weight excluding hydrogens is 1460 g/mol. The molecule has 0 spiro atoms. The van der Waals surface area contributed by atoms with E-state index >= 15 is 0 Å². The van der Waals surface area contributed by atoms with Gasteiger partial charge in [0.25, 0.3) is 5.91 Å². The molecule has 2 amide bonds. The van der Waals surface area contributed by atoms with Gasteiger partial charge in [-0.25, -0.2) is 19.9 Å². The molecule has 2 fully saturated rings. The van der Waals surface area contributed by atoms with Crippen LogP contribution in [0.3, 0.4) is 0 Å². The fourth-order valence-electron chi connectivity index (χ4n) is 14.5. The molecule has 3 N–H and O–H groups in total. The molecule has 1 saturated heterocycles. The third kappa shape index (κ3) is 40.3. The first kappa shape index (κ1) is 97.9. The molecule has 6 aromatic heterocycles. The smallest absolute Gasteiger partial charge is 0.254 e. The zero-order valence-corrected chi connectivity index (χ0v) is 76.5. The lowest BCUT2D eigenvalue weighted by Gasteiger charge is -2.22. The van der Waals surface area contributed by atoms with Crippen LogP contribution < -0.4 is 15.5 Å². The van der Waals surface area contributed by atoms with E-state index in [1.807, 2.05) is 67.5 Å². The van der Waals surface area contributed by atoms with Crippen molar-refractivity contribution in [1.82, 2.24) is 50.3 Å². The minimum atomic E-state index is 0.113. The number of thiazole rings is 1. The SMILES string of the molecule is CC(C)CC1CCCCC1.CC(C)CC[C@@H]1CCCN1.CC(C)Cc1cc(Cl)ccn1.CC(C)Cc1ccc2c(c1)CC(=O)N2.CC(C)Cc1ccc2c(c1)CN(C)C2=O.CC(C)Cc1cccc2[nH]ncc12.CC(C)Cc1ncccn1.CC(C)Cc1nccs1.CC(C)N1CCc2cccnc21.Cc1ccc(CC(C)C)nc1. The molecule has 1 aliphatic carbocycles. The number of nitrogens with zero attached hydrogens (tertiary/aromatic N) is 9. The molecule has 0 unspecified atom stereocenters. The van der Waals surface area contributed by atoms with Crippen molar-refractivity contribution in [3.8, 4) is 0 Å². The maximum Gasteiger partial charge on any atom is 0.254 e. The monoisotopic (exact) mass is 1610 g/mol. The van der Waals surface area contributed by atoms with E-state index in [0.29, 0.717) is 48.0 Å². The predicted molar refractivity (Wildman–Crippen MR) is 491 cm³/mol. The van der Waals surface area contributed by atoms with E-state index in [1.54, 1.807) is 40.9 Å². The number of aromatic nitrogens is 8. The zero-order valence-electron chi connectivity index (χ0n) is 75.0. The maximum atomic E-state index is 11.7. The van der Waals surface area contributed by atoms with Gasteiger partial charge in [0.15, 0.2) is 0 Å². The number of anilines is 2. The van der Waals surface area contributed by atoms with Crippen molar-refractivity contribution in [3.05, 3.63) is 218 Å². The molecule has 14 rings (SSSR count). The number of aromatic amines is 1. The fraction of sp³-hybridized carbons (Fsp3) is 0.566. The summed E-state index contributed by atoms with van der Waals surface area (Å²) in [6.07, 6.45) is 36.6. The summed E-state index contributed by atoms with van der Waals surface area (Å²) < 4.78 is 0. The van der Waals surface area contributed by atoms with Crippen molar-refractivity contribution < 1.29 is 9.59 Å². The number of amides is 2. The lowest BCUT2D eigenvalue weighted by molar-refractivity contribution is -0.115. The van der Waals surface area contributed by atoms with Crippen molar-refractivity contribution in [2.45, 2.75) is 286 Å². The second-order valence-corrected chi connectivity index (χ2v) is 37.5. The molecule has 0 bridgehead atoms. The number of halogens is 1. The first-order valence-corrected chi connectivity index (χ1v) is 44.9. The van der Waals surface area contributed by atoms with Gasteiger partial charge >= 0.3 is 0 Å². The predicted octanol–water partition coefficient (Wildman–Crippen LogP) is 24.8. The Hall–Kier alpha value is -7.72. The molecular formula is C99H149ClN12O2S. The number of hydrogen-bond acceptors (Lipinski definition) is 12. The Kier molecular flexibility index (Phi) is 45.6. The summed E-state index contributed by atoms with van der Waals surface area (Å²) in [5.74, 6) is 10.0. The number of carbonyl (C=O) groups excluding carboxylic acids is 2. The number of nitrogens with one attached hydrogen (secondary N) is 3. The van der Waals surface area contributed by atoms with Crippen LogP contribution in [0.25, 0.3) is 10.9 Å². The molecule has 115 heavy (non-hydrogen) atoms. The number of carbonyl (C=O) groups is 2. The topological polar surface area (TPSA) is 171 Å². The number of rotatable bonds is 20. The Balaban J connectivity index is 0.000000229. The summed E-state index contributed by atoms with van der Waals surface area (Å²) in [6, 6.07) is 34.2. The number of H-pyrrole nitrogens is 1. The van der Waals surface area contributed by atoms with Crippen LogP contribution in [0.2, 0.25) is 5.02 Å². The third-order valence-electron chi connectivity index (χ3n) is 19.9. The van der Waals surface area contributed by atoms with Gasteiger partial charge in [0.1, 0.15) is 11.6 Å². The molecule has 630 valence electrons. The van der Waals surface area contributed by atoms with E-state index < -0.39 is 0 Å². The van der Waals surface area contributed by atoms with Gasteiger partial charge in [0, 0.05) is 121 Å². The molecule has 9 aromatic rings. The molecule has 16 heteroatoms. The maximum absolute atomic E-state index is 11.7. The standard InChI is InChI=1S/C13H17NO.C12H15NO.C11H14N2.C10H14N2.C10H15N.C10H20.C9H12ClN.C9H19N.C8H12N2.C7H11NS/c1-9(2)6-10-4-5-12-11(7-10)8-14(3)13(12)15;1-8(2)5-9-3-4-11-10(6-9)7-12(14)13-11;1-8(2)6-9-4-3-5-11-10(9)7-12-13-11;1-8(2)12-7-5-9-4-3-6-11-10(9)12;1-8(2)6-10-5-4-9(3)7-11-10;1-9(2)8-10-6-4-3-5-7-10;1-7(2)5-9-6-8(10)3-4-11-9;1-8(2)5-6-9-4-3-7-10-9;1-7(2)6-8-9-4-3-5-10-8;1-6(2)5-7-8-3-4-9-7/h4-5,7,9H,6,8H2,1-3H3;3-4,6,8H,5,7H2,1-2H3,(H,13,14);3-5,7-8H,6H2,1-2H3,(H,12,13);3-4,6,8H,5,7H2,1-2H3;4-5,7-8H,6H2,1-3H3;9-10H,3-8H2,1-2H3;3-4,6-7H,5H2,1-2H3;8-10H,3-7H2,1-2H3;3-5,7H,6H2,1-2H3;3-4,6H,5H2,1-2H3/t;;;;;;;9-;;/m.......0../s1. The van der Waals surface area contributed by atoms with Crippen LogP contribution in [0.15, 0.2) is 146 Å². The van der Waals surface area contributed by atoms with Crippen LogP contribution in [-0.4, -0.2) is 89.0 Å².